The van der Waals surface area contributed by atoms with Gasteiger partial charge in [0.05, 0.1) is 13.7 Å². The van der Waals surface area contributed by atoms with Crippen molar-refractivity contribution in [2.24, 2.45) is 5.92 Å². The van der Waals surface area contributed by atoms with Gasteiger partial charge in [-0.1, -0.05) is 6.07 Å². The van der Waals surface area contributed by atoms with Gasteiger partial charge in [-0.2, -0.15) is 0 Å². The van der Waals surface area contributed by atoms with Crippen LogP contribution in [0.3, 0.4) is 0 Å². The molecule has 1 aromatic carbocycles. The van der Waals surface area contributed by atoms with Gasteiger partial charge in [-0.3, -0.25) is 9.59 Å². The third-order valence-corrected chi connectivity index (χ3v) is 4.35. The number of piperidine rings is 1. The number of rotatable bonds is 6. The molecule has 25 heavy (non-hydrogen) atoms. The van der Waals surface area contributed by atoms with Crippen LogP contribution in [0.2, 0.25) is 0 Å². The van der Waals surface area contributed by atoms with Crippen LogP contribution >= 0.6 is 12.4 Å². The van der Waals surface area contributed by atoms with E-state index in [0.29, 0.717) is 24.0 Å². The smallest absolute Gasteiger partial charge is 0.243 e. The van der Waals surface area contributed by atoms with E-state index in [-0.39, 0.29) is 36.7 Å². The molecular formula is C18H28ClN3O3. The molecule has 1 fully saturated rings. The average molecular weight is 370 g/mol. The van der Waals surface area contributed by atoms with Crippen molar-refractivity contribution in [1.29, 1.82) is 0 Å². The molecule has 2 atom stereocenters. The molecular weight excluding hydrogens is 342 g/mol. The zero-order valence-electron chi connectivity index (χ0n) is 15.1. The maximum absolute atomic E-state index is 12.7. The summed E-state index contributed by atoms with van der Waals surface area (Å²) in [5.41, 5.74) is 0.665. The summed E-state index contributed by atoms with van der Waals surface area (Å²) in [6.45, 7) is 5.45. The van der Waals surface area contributed by atoms with Gasteiger partial charge in [-0.25, -0.2) is 0 Å². The lowest BCUT2D eigenvalue weighted by Gasteiger charge is -2.31. The van der Waals surface area contributed by atoms with Crippen molar-refractivity contribution in [2.75, 3.05) is 32.1 Å². The van der Waals surface area contributed by atoms with E-state index in [1.165, 1.54) is 0 Å². The third kappa shape index (κ3) is 6.21. The summed E-state index contributed by atoms with van der Waals surface area (Å²) >= 11 is 0. The number of likely N-dealkylation sites (N-methyl/N-ethyl adjacent to an activating group) is 1. The number of carbonyl (C=O) groups is 2. The Labute approximate surface area is 155 Å². The van der Waals surface area contributed by atoms with Crippen LogP contribution in [0, 0.1) is 5.92 Å². The fourth-order valence-corrected chi connectivity index (χ4v) is 3.03. The first-order chi connectivity index (χ1) is 11.5. The molecule has 0 spiro atoms. The number of nitrogens with one attached hydrogen (secondary N) is 2. The van der Waals surface area contributed by atoms with Crippen molar-refractivity contribution in [3.05, 3.63) is 24.3 Å². The first-order valence-corrected chi connectivity index (χ1v) is 8.49. The van der Waals surface area contributed by atoms with Crippen LogP contribution in [-0.4, -0.2) is 49.5 Å². The van der Waals surface area contributed by atoms with Crippen molar-refractivity contribution in [1.82, 2.24) is 10.2 Å². The molecule has 2 rings (SSSR count). The van der Waals surface area contributed by atoms with Gasteiger partial charge in [0.15, 0.2) is 0 Å². The SMILES string of the molecule is CCN(CC(=O)Nc1cccc(OC)c1)C(=O)[C@H]1CCN[C@@H](C)C1.Cl. The van der Waals surface area contributed by atoms with E-state index in [0.717, 1.165) is 19.4 Å². The monoisotopic (exact) mass is 369 g/mol. The summed E-state index contributed by atoms with van der Waals surface area (Å²) in [4.78, 5) is 26.6. The van der Waals surface area contributed by atoms with Gasteiger partial charge in [0.1, 0.15) is 5.75 Å². The third-order valence-electron chi connectivity index (χ3n) is 4.35. The normalized spacial score (nSPS) is 19.5. The van der Waals surface area contributed by atoms with Gasteiger partial charge in [0.25, 0.3) is 0 Å². The van der Waals surface area contributed by atoms with E-state index in [1.807, 2.05) is 19.1 Å². The predicted molar refractivity (Wildman–Crippen MR) is 101 cm³/mol. The van der Waals surface area contributed by atoms with Crippen LogP contribution in [0.5, 0.6) is 5.75 Å². The number of methoxy groups -OCH3 is 1. The van der Waals surface area contributed by atoms with Crippen molar-refractivity contribution >= 4 is 29.9 Å². The van der Waals surface area contributed by atoms with E-state index in [1.54, 1.807) is 24.1 Å². The molecule has 7 heteroatoms. The zero-order chi connectivity index (χ0) is 17.5. The number of anilines is 1. The Bertz CT molecular complexity index is 582. The fraction of sp³-hybridized carbons (Fsp3) is 0.556. The highest BCUT2D eigenvalue weighted by Crippen LogP contribution is 2.19. The number of carbonyl (C=O) groups excluding carboxylic acids is 2. The Balaban J connectivity index is 0.00000312. The summed E-state index contributed by atoms with van der Waals surface area (Å²) < 4.78 is 5.14. The van der Waals surface area contributed by atoms with Crippen LogP contribution in [-0.2, 0) is 9.59 Å². The van der Waals surface area contributed by atoms with E-state index in [9.17, 15) is 9.59 Å². The molecule has 1 heterocycles. The zero-order valence-corrected chi connectivity index (χ0v) is 15.9. The highest BCUT2D eigenvalue weighted by Gasteiger charge is 2.28. The minimum atomic E-state index is -0.194. The molecule has 6 nitrogen and oxygen atoms in total. The second-order valence-electron chi connectivity index (χ2n) is 6.21. The number of ether oxygens (including phenoxy) is 1. The predicted octanol–water partition coefficient (Wildman–Crippen LogP) is 2.29. The van der Waals surface area contributed by atoms with E-state index >= 15 is 0 Å². The molecule has 1 aliphatic rings. The quantitative estimate of drug-likeness (QED) is 0.807. The Hall–Kier alpha value is -1.79. The summed E-state index contributed by atoms with van der Waals surface area (Å²) in [6.07, 6.45) is 1.66. The second kappa shape index (κ2) is 10.3. The molecule has 2 N–H and O–H groups in total. The van der Waals surface area contributed by atoms with Crippen LogP contribution in [0.15, 0.2) is 24.3 Å². The van der Waals surface area contributed by atoms with Crippen molar-refractivity contribution < 1.29 is 14.3 Å². The molecule has 0 radical (unpaired) electrons. The maximum Gasteiger partial charge on any atom is 0.243 e. The molecule has 0 aromatic heterocycles. The Morgan fingerprint density at radius 3 is 2.80 bits per heavy atom. The Morgan fingerprint density at radius 2 is 2.16 bits per heavy atom. The molecule has 0 unspecified atom stereocenters. The summed E-state index contributed by atoms with van der Waals surface area (Å²) in [7, 11) is 1.58. The second-order valence-corrected chi connectivity index (χ2v) is 6.21. The van der Waals surface area contributed by atoms with Crippen LogP contribution in [0.1, 0.15) is 26.7 Å². The van der Waals surface area contributed by atoms with Crippen LogP contribution in [0.4, 0.5) is 5.69 Å². The van der Waals surface area contributed by atoms with E-state index in [2.05, 4.69) is 17.6 Å². The van der Waals surface area contributed by atoms with Crippen molar-refractivity contribution in [2.45, 2.75) is 32.7 Å². The first kappa shape index (κ1) is 21.3. The molecule has 0 aliphatic carbocycles. The van der Waals surface area contributed by atoms with Gasteiger partial charge < -0.3 is 20.3 Å². The van der Waals surface area contributed by atoms with Gasteiger partial charge in [-0.05, 0) is 45.4 Å². The molecule has 2 amide bonds. The molecule has 0 saturated carbocycles. The minimum Gasteiger partial charge on any atom is -0.497 e. The summed E-state index contributed by atoms with van der Waals surface area (Å²) in [5, 5.41) is 6.17. The number of benzene rings is 1. The lowest BCUT2D eigenvalue weighted by Crippen LogP contribution is -2.46. The highest BCUT2D eigenvalue weighted by molar-refractivity contribution is 5.95. The Morgan fingerprint density at radius 1 is 1.40 bits per heavy atom. The van der Waals surface area contributed by atoms with E-state index < -0.39 is 0 Å². The van der Waals surface area contributed by atoms with Crippen LogP contribution in [0.25, 0.3) is 0 Å². The molecule has 1 saturated heterocycles. The standard InChI is InChI=1S/C18H27N3O3.ClH/c1-4-21(18(23)14-8-9-19-13(2)10-14)12-17(22)20-15-6-5-7-16(11-15)24-3;/h5-7,11,13-14,19H,4,8-10,12H2,1-3H3,(H,20,22);1H/t13-,14-;/m0./s1. The topological polar surface area (TPSA) is 70.7 Å². The number of hydrogen-bond acceptors (Lipinski definition) is 4. The molecule has 140 valence electrons. The van der Waals surface area contributed by atoms with Gasteiger partial charge >= 0.3 is 0 Å². The molecule has 0 bridgehead atoms. The first-order valence-electron chi connectivity index (χ1n) is 8.49. The van der Waals surface area contributed by atoms with Gasteiger partial charge in [0.2, 0.25) is 11.8 Å². The van der Waals surface area contributed by atoms with Gasteiger partial charge in [0, 0.05) is 30.3 Å². The number of hydrogen-bond donors (Lipinski definition) is 2. The Kier molecular flexibility index (Phi) is 8.72. The van der Waals surface area contributed by atoms with Gasteiger partial charge in [-0.15, -0.1) is 12.4 Å². The maximum atomic E-state index is 12.7. The minimum absolute atomic E-state index is 0. The fourth-order valence-electron chi connectivity index (χ4n) is 3.03. The molecule has 1 aromatic rings. The van der Waals surface area contributed by atoms with Crippen LogP contribution < -0.4 is 15.4 Å². The lowest BCUT2D eigenvalue weighted by atomic mass is 9.92. The van der Waals surface area contributed by atoms with Crippen molar-refractivity contribution in [3.8, 4) is 5.75 Å². The molecule has 1 aliphatic heterocycles. The lowest BCUT2D eigenvalue weighted by molar-refractivity contribution is -0.139. The largest absolute Gasteiger partial charge is 0.497 e. The number of nitrogens with zero attached hydrogens (tertiary/aromatic N) is 1. The average Bonchev–Trinajstić information content (AvgIpc) is 2.59. The highest BCUT2D eigenvalue weighted by atomic mass is 35.5. The summed E-state index contributed by atoms with van der Waals surface area (Å²) in [6, 6.07) is 7.53. The van der Waals surface area contributed by atoms with Crippen molar-refractivity contribution in [3.63, 3.8) is 0 Å². The van der Waals surface area contributed by atoms with E-state index in [4.69, 9.17) is 4.74 Å². The number of halogens is 1. The number of amides is 2. The summed E-state index contributed by atoms with van der Waals surface area (Å²) in [5.74, 6) is 0.567.